The van der Waals surface area contributed by atoms with Crippen molar-refractivity contribution in [1.29, 1.82) is 0 Å². The first kappa shape index (κ1) is 13.9. The summed E-state index contributed by atoms with van der Waals surface area (Å²) in [4.78, 5) is 26.1. The lowest BCUT2D eigenvalue weighted by atomic mass is 10.2. The van der Waals surface area contributed by atoms with Gasteiger partial charge in [0, 0.05) is 32.5 Å². The summed E-state index contributed by atoms with van der Waals surface area (Å²) in [6, 6.07) is 3.76. The summed E-state index contributed by atoms with van der Waals surface area (Å²) in [5.41, 5.74) is 1.35. The topological polar surface area (TPSA) is 71.0 Å². The Kier molecular flexibility index (Phi) is 4.60. The number of carbonyl (C=O) groups is 1. The molecule has 20 heavy (non-hydrogen) atoms. The monoisotopic (exact) mass is 271 g/mol. The van der Waals surface area contributed by atoms with Crippen LogP contribution in [0.3, 0.4) is 0 Å². The third-order valence-corrected chi connectivity index (χ3v) is 2.73. The molecule has 0 spiro atoms. The van der Waals surface area contributed by atoms with Gasteiger partial charge in [-0.3, -0.25) is 14.8 Å². The van der Waals surface area contributed by atoms with Gasteiger partial charge in [-0.2, -0.15) is 0 Å². The van der Waals surface area contributed by atoms with E-state index in [-0.39, 0.29) is 5.91 Å². The molecule has 0 fully saturated rings. The van der Waals surface area contributed by atoms with Crippen molar-refractivity contribution >= 4 is 11.7 Å². The number of anilines is 1. The summed E-state index contributed by atoms with van der Waals surface area (Å²) in [7, 11) is 1.74. The Morgan fingerprint density at radius 2 is 2.00 bits per heavy atom. The summed E-state index contributed by atoms with van der Waals surface area (Å²) in [6.45, 7) is 3.21. The predicted octanol–water partition coefficient (Wildman–Crippen LogP) is 1.58. The fourth-order valence-corrected chi connectivity index (χ4v) is 1.76. The number of carbonyl (C=O) groups excluding carboxylic acids is 1. The largest absolute Gasteiger partial charge is 0.369 e. The Bertz CT molecular complexity index is 573. The van der Waals surface area contributed by atoms with E-state index in [9.17, 15) is 4.79 Å². The molecule has 0 unspecified atom stereocenters. The van der Waals surface area contributed by atoms with Gasteiger partial charge in [-0.05, 0) is 24.6 Å². The van der Waals surface area contributed by atoms with Crippen molar-refractivity contribution in [1.82, 2.24) is 19.9 Å². The molecule has 0 aliphatic rings. The average Bonchev–Trinajstić information content (AvgIpc) is 2.48. The third-order valence-electron chi connectivity index (χ3n) is 2.73. The highest BCUT2D eigenvalue weighted by molar-refractivity contribution is 5.92. The predicted molar refractivity (Wildman–Crippen MR) is 76.2 cm³/mol. The Balaban J connectivity index is 2.08. The van der Waals surface area contributed by atoms with E-state index in [0.29, 0.717) is 18.1 Å². The van der Waals surface area contributed by atoms with E-state index in [1.807, 2.05) is 19.1 Å². The summed E-state index contributed by atoms with van der Waals surface area (Å²) < 4.78 is 0. The van der Waals surface area contributed by atoms with Gasteiger partial charge in [0.25, 0.3) is 5.91 Å². The van der Waals surface area contributed by atoms with Crippen molar-refractivity contribution in [3.8, 4) is 0 Å². The van der Waals surface area contributed by atoms with Gasteiger partial charge < -0.3 is 10.2 Å². The van der Waals surface area contributed by atoms with E-state index >= 15 is 0 Å². The quantitative estimate of drug-likeness (QED) is 0.894. The van der Waals surface area contributed by atoms with Crippen LogP contribution in [0.25, 0.3) is 0 Å². The Morgan fingerprint density at radius 1 is 1.25 bits per heavy atom. The van der Waals surface area contributed by atoms with Gasteiger partial charge in [0.1, 0.15) is 11.5 Å². The maximum absolute atomic E-state index is 12.3. The van der Waals surface area contributed by atoms with Crippen LogP contribution in [0.2, 0.25) is 0 Å². The van der Waals surface area contributed by atoms with Crippen LogP contribution >= 0.6 is 0 Å². The number of hydrogen-bond donors (Lipinski definition) is 1. The molecule has 2 rings (SSSR count). The maximum Gasteiger partial charge on any atom is 0.274 e. The van der Waals surface area contributed by atoms with Crippen LogP contribution in [0.5, 0.6) is 0 Å². The fraction of sp³-hybridized carbons (Fsp3) is 0.286. The number of amides is 1. The molecule has 2 heterocycles. The van der Waals surface area contributed by atoms with E-state index in [2.05, 4.69) is 20.3 Å². The molecule has 0 saturated carbocycles. The molecule has 0 aliphatic heterocycles. The van der Waals surface area contributed by atoms with Crippen molar-refractivity contribution in [3.05, 3.63) is 48.2 Å². The second-order valence-electron chi connectivity index (χ2n) is 4.34. The molecule has 0 radical (unpaired) electrons. The van der Waals surface area contributed by atoms with E-state index in [1.165, 1.54) is 6.20 Å². The normalized spacial score (nSPS) is 10.1. The van der Waals surface area contributed by atoms with Gasteiger partial charge in [0.05, 0.1) is 12.4 Å². The molecule has 6 heteroatoms. The molecule has 6 nitrogen and oxygen atoms in total. The lowest BCUT2D eigenvalue weighted by Crippen LogP contribution is -2.27. The van der Waals surface area contributed by atoms with Crippen molar-refractivity contribution < 1.29 is 4.79 Å². The molecule has 1 amide bonds. The highest BCUT2D eigenvalue weighted by atomic mass is 16.2. The van der Waals surface area contributed by atoms with Gasteiger partial charge >= 0.3 is 0 Å². The number of hydrogen-bond acceptors (Lipinski definition) is 5. The number of nitrogens with zero attached hydrogens (tertiary/aromatic N) is 4. The summed E-state index contributed by atoms with van der Waals surface area (Å²) in [6.07, 6.45) is 6.49. The standard InChI is InChI=1S/C14H17N5O/c1-3-17-13-9-16-8-12(18-13)14(20)19(2)10-11-4-6-15-7-5-11/h4-9H,3,10H2,1-2H3,(H,17,18). The molecule has 0 aromatic carbocycles. The van der Waals surface area contributed by atoms with Crippen LogP contribution in [-0.4, -0.2) is 39.4 Å². The van der Waals surface area contributed by atoms with Gasteiger partial charge in [-0.1, -0.05) is 0 Å². The van der Waals surface area contributed by atoms with Gasteiger partial charge in [-0.15, -0.1) is 0 Å². The maximum atomic E-state index is 12.3. The molecule has 0 atom stereocenters. The van der Waals surface area contributed by atoms with Crippen molar-refractivity contribution in [3.63, 3.8) is 0 Å². The third kappa shape index (κ3) is 3.50. The van der Waals surface area contributed by atoms with Crippen molar-refractivity contribution in [2.75, 3.05) is 18.9 Å². The average molecular weight is 271 g/mol. The molecular weight excluding hydrogens is 254 g/mol. The molecule has 2 aromatic heterocycles. The zero-order chi connectivity index (χ0) is 14.4. The minimum absolute atomic E-state index is 0.158. The number of aromatic nitrogens is 3. The fourth-order valence-electron chi connectivity index (χ4n) is 1.76. The first-order valence-electron chi connectivity index (χ1n) is 6.41. The number of pyridine rings is 1. The molecule has 1 N–H and O–H groups in total. The Hall–Kier alpha value is -2.50. The minimum atomic E-state index is -0.158. The smallest absolute Gasteiger partial charge is 0.274 e. The second kappa shape index (κ2) is 6.60. The zero-order valence-electron chi connectivity index (χ0n) is 11.6. The van der Waals surface area contributed by atoms with E-state index in [4.69, 9.17) is 0 Å². The highest BCUT2D eigenvalue weighted by Crippen LogP contribution is 2.07. The number of rotatable bonds is 5. The molecule has 0 bridgehead atoms. The minimum Gasteiger partial charge on any atom is -0.369 e. The highest BCUT2D eigenvalue weighted by Gasteiger charge is 2.14. The van der Waals surface area contributed by atoms with Crippen LogP contribution in [-0.2, 0) is 6.54 Å². The number of nitrogens with one attached hydrogen (secondary N) is 1. The molecule has 2 aromatic rings. The summed E-state index contributed by atoms with van der Waals surface area (Å²) in [5.74, 6) is 0.449. The van der Waals surface area contributed by atoms with Crippen LogP contribution < -0.4 is 5.32 Å². The van der Waals surface area contributed by atoms with Gasteiger partial charge in [0.2, 0.25) is 0 Å². The molecule has 0 aliphatic carbocycles. The van der Waals surface area contributed by atoms with Crippen LogP contribution in [0, 0.1) is 0 Å². The summed E-state index contributed by atoms with van der Waals surface area (Å²) in [5, 5.41) is 3.04. The Labute approximate surface area is 117 Å². The Morgan fingerprint density at radius 3 is 2.70 bits per heavy atom. The first-order chi connectivity index (χ1) is 9.70. The second-order valence-corrected chi connectivity index (χ2v) is 4.34. The zero-order valence-corrected chi connectivity index (χ0v) is 11.6. The van der Waals surface area contributed by atoms with Crippen LogP contribution in [0.1, 0.15) is 23.0 Å². The lowest BCUT2D eigenvalue weighted by molar-refractivity contribution is 0.0779. The summed E-state index contributed by atoms with van der Waals surface area (Å²) >= 11 is 0. The van der Waals surface area contributed by atoms with Crippen molar-refractivity contribution in [2.45, 2.75) is 13.5 Å². The van der Waals surface area contributed by atoms with Gasteiger partial charge in [-0.25, -0.2) is 4.98 Å². The van der Waals surface area contributed by atoms with Crippen molar-refractivity contribution in [2.24, 2.45) is 0 Å². The SMILES string of the molecule is CCNc1cncc(C(=O)N(C)Cc2ccncc2)n1. The molecular formula is C14H17N5O. The first-order valence-corrected chi connectivity index (χ1v) is 6.41. The van der Waals surface area contributed by atoms with Gasteiger partial charge in [0.15, 0.2) is 0 Å². The van der Waals surface area contributed by atoms with E-state index in [1.54, 1.807) is 30.5 Å². The lowest BCUT2D eigenvalue weighted by Gasteiger charge is -2.16. The van der Waals surface area contributed by atoms with E-state index in [0.717, 1.165) is 12.1 Å². The van der Waals surface area contributed by atoms with Crippen LogP contribution in [0.15, 0.2) is 36.9 Å². The van der Waals surface area contributed by atoms with Crippen LogP contribution in [0.4, 0.5) is 5.82 Å². The molecule has 0 saturated heterocycles. The van der Waals surface area contributed by atoms with E-state index < -0.39 is 0 Å². The molecule has 104 valence electrons.